The van der Waals surface area contributed by atoms with Crippen LogP contribution in [-0.4, -0.2) is 11.3 Å². The van der Waals surface area contributed by atoms with Gasteiger partial charge >= 0.3 is 6.20 Å². The number of nitroso groups, excluding NO2 is 1. The summed E-state index contributed by atoms with van der Waals surface area (Å²) in [5.74, 6) is 0. The van der Waals surface area contributed by atoms with Gasteiger partial charge in [0.05, 0.1) is 0 Å². The molecule has 0 spiro atoms. The highest BCUT2D eigenvalue weighted by atomic mass is 16.3. The maximum absolute atomic E-state index is 10.4. The van der Waals surface area contributed by atoms with Crippen LogP contribution < -0.4 is 0 Å². The Morgan fingerprint density at radius 2 is 2.62 bits per heavy atom. The second-order valence-corrected chi connectivity index (χ2v) is 1.76. The van der Waals surface area contributed by atoms with Gasteiger partial charge in [0.25, 0.3) is 0 Å². The van der Waals surface area contributed by atoms with E-state index in [-0.39, 0.29) is 0 Å². The molecular formula is C6H7NO+. The molecule has 1 radical (unpaired) electrons. The highest BCUT2D eigenvalue weighted by Gasteiger charge is 2.07. The van der Waals surface area contributed by atoms with Crippen LogP contribution >= 0.6 is 0 Å². The van der Waals surface area contributed by atoms with Crippen molar-refractivity contribution in [1.82, 2.24) is 0 Å². The van der Waals surface area contributed by atoms with Gasteiger partial charge in [0.15, 0.2) is 0 Å². The van der Waals surface area contributed by atoms with E-state index < -0.39 is 0 Å². The maximum atomic E-state index is 10.4. The summed E-state index contributed by atoms with van der Waals surface area (Å²) in [5, 5.41) is 0. The van der Waals surface area contributed by atoms with Crippen molar-refractivity contribution in [2.24, 2.45) is 0 Å². The van der Waals surface area contributed by atoms with E-state index in [1.54, 1.807) is 0 Å². The molecule has 1 aliphatic rings. The van der Waals surface area contributed by atoms with Gasteiger partial charge in [-0.05, 0) is 19.1 Å². The number of allylic oxidation sites excluding steroid dienone is 2. The molecule has 0 N–H and O–H groups in total. The second kappa shape index (κ2) is 1.90. The van der Waals surface area contributed by atoms with Gasteiger partial charge in [-0.25, -0.2) is 0 Å². The lowest BCUT2D eigenvalue weighted by atomic mass is 10.2. The molecule has 0 aliphatic carbocycles. The Morgan fingerprint density at radius 1 is 1.88 bits per heavy atom. The number of rotatable bonds is 0. The van der Waals surface area contributed by atoms with Crippen LogP contribution in [0, 0.1) is 11.1 Å². The van der Waals surface area contributed by atoms with Gasteiger partial charge in [-0.1, -0.05) is 0 Å². The number of hydrogen-bond donors (Lipinski definition) is 0. The van der Waals surface area contributed by atoms with Crippen LogP contribution in [0.1, 0.15) is 6.92 Å². The summed E-state index contributed by atoms with van der Waals surface area (Å²) in [4.78, 5) is 10.4. The summed E-state index contributed by atoms with van der Waals surface area (Å²) < 4.78 is 0.787. The van der Waals surface area contributed by atoms with Gasteiger partial charge in [-0.3, -0.25) is 0 Å². The number of hydrogen-bond acceptors (Lipinski definition) is 1. The fourth-order valence-corrected chi connectivity index (χ4v) is 0.605. The van der Waals surface area contributed by atoms with E-state index in [1.165, 1.54) is 0 Å². The summed E-state index contributed by atoms with van der Waals surface area (Å²) in [6.45, 7) is 2.29. The van der Waals surface area contributed by atoms with Crippen LogP contribution in [0.15, 0.2) is 17.7 Å². The van der Waals surface area contributed by atoms with E-state index in [0.29, 0.717) is 6.54 Å². The Kier molecular flexibility index (Phi) is 1.24. The second-order valence-electron chi connectivity index (χ2n) is 1.76. The lowest BCUT2D eigenvalue weighted by molar-refractivity contribution is -0.485. The van der Waals surface area contributed by atoms with Crippen LogP contribution in [-0.2, 0) is 0 Å². The molecule has 0 aromatic heterocycles. The zero-order chi connectivity index (χ0) is 5.98. The molecule has 0 bridgehead atoms. The van der Waals surface area contributed by atoms with Crippen LogP contribution in [0.5, 0.6) is 0 Å². The van der Waals surface area contributed by atoms with Crippen molar-refractivity contribution >= 4 is 0 Å². The highest BCUT2D eigenvalue weighted by Crippen LogP contribution is 1.98. The lowest BCUT2D eigenvalue weighted by Gasteiger charge is -1.87. The fourth-order valence-electron chi connectivity index (χ4n) is 0.605. The Morgan fingerprint density at radius 3 is 3.00 bits per heavy atom. The molecule has 41 valence electrons. The van der Waals surface area contributed by atoms with Crippen LogP contribution in [0.3, 0.4) is 0 Å². The molecule has 0 saturated carbocycles. The van der Waals surface area contributed by atoms with Crippen molar-refractivity contribution in [2.75, 3.05) is 6.54 Å². The average molecular weight is 109 g/mol. The van der Waals surface area contributed by atoms with E-state index in [0.717, 1.165) is 10.3 Å². The first-order valence-corrected chi connectivity index (χ1v) is 2.50. The minimum atomic E-state index is 0.442. The Bertz CT molecular complexity index is 167. The van der Waals surface area contributed by atoms with Crippen molar-refractivity contribution < 1.29 is 4.76 Å². The quantitative estimate of drug-likeness (QED) is 0.425. The summed E-state index contributed by atoms with van der Waals surface area (Å²) in [6.07, 6.45) is 6.29. The molecule has 0 fully saturated rings. The maximum Gasteiger partial charge on any atom is 0.334 e. The third kappa shape index (κ3) is 1.03. The predicted octanol–water partition coefficient (Wildman–Crippen LogP) is 1.04. The topological polar surface area (TPSA) is 20.1 Å². The Labute approximate surface area is 48.1 Å². The Balaban J connectivity index is 2.77. The summed E-state index contributed by atoms with van der Waals surface area (Å²) in [5.41, 5.74) is 0.895. The van der Waals surface area contributed by atoms with E-state index in [2.05, 4.69) is 6.20 Å². The molecule has 1 rings (SSSR count). The molecule has 0 aromatic rings. The molecular weight excluding hydrogens is 102 g/mol. The lowest BCUT2D eigenvalue weighted by Crippen LogP contribution is -2.03. The minimum Gasteiger partial charge on any atom is -0.0499 e. The smallest absolute Gasteiger partial charge is 0.0499 e. The zero-order valence-electron chi connectivity index (χ0n) is 4.72. The predicted molar refractivity (Wildman–Crippen MR) is 30.1 cm³/mol. The molecule has 2 heteroatoms. The molecule has 2 nitrogen and oxygen atoms in total. The number of nitrogens with zero attached hydrogens (tertiary/aromatic N) is 1. The fraction of sp³-hybridized carbons (Fsp3) is 0.333. The standard InChI is InChI=1S/C6H7NO/c1-6-3-2-4-7(8)5-6/h2-3H,4H2,1H3/q+1. The first-order chi connectivity index (χ1) is 3.79. The average Bonchev–Trinajstić information content (AvgIpc) is 1.64. The Hall–Kier alpha value is -0.920. The van der Waals surface area contributed by atoms with Gasteiger partial charge in [0.2, 0.25) is 6.54 Å². The normalized spacial score (nSPS) is 18.6. The zero-order valence-corrected chi connectivity index (χ0v) is 4.72. The van der Waals surface area contributed by atoms with E-state index >= 15 is 0 Å². The van der Waals surface area contributed by atoms with E-state index in [4.69, 9.17) is 0 Å². The highest BCUT2D eigenvalue weighted by molar-refractivity contribution is 5.12. The molecule has 0 amide bonds. The van der Waals surface area contributed by atoms with Gasteiger partial charge < -0.3 is 0 Å². The molecule has 1 heterocycles. The molecule has 0 aromatic carbocycles. The molecule has 8 heavy (non-hydrogen) atoms. The third-order valence-electron chi connectivity index (χ3n) is 0.940. The van der Waals surface area contributed by atoms with Crippen molar-refractivity contribution in [3.8, 4) is 0 Å². The summed E-state index contributed by atoms with van der Waals surface area (Å²) in [6, 6.07) is 0. The molecule has 0 saturated heterocycles. The van der Waals surface area contributed by atoms with Crippen molar-refractivity contribution in [2.45, 2.75) is 6.92 Å². The molecule has 0 unspecified atom stereocenters. The third-order valence-corrected chi connectivity index (χ3v) is 0.940. The first kappa shape index (κ1) is 5.22. The van der Waals surface area contributed by atoms with Crippen LogP contribution in [0.2, 0.25) is 0 Å². The van der Waals surface area contributed by atoms with Crippen molar-refractivity contribution in [3.05, 3.63) is 28.8 Å². The minimum absolute atomic E-state index is 0.442. The molecule has 1 aliphatic heterocycles. The van der Waals surface area contributed by atoms with Crippen LogP contribution in [0.4, 0.5) is 0 Å². The van der Waals surface area contributed by atoms with Gasteiger partial charge in [-0.15, -0.1) is 0 Å². The SMILES string of the molecule is CC1=[C][N+](=O)CC=C1. The summed E-state index contributed by atoms with van der Waals surface area (Å²) in [7, 11) is 0. The van der Waals surface area contributed by atoms with Crippen molar-refractivity contribution in [1.29, 1.82) is 0 Å². The van der Waals surface area contributed by atoms with E-state index in [9.17, 15) is 4.91 Å². The summed E-state index contributed by atoms with van der Waals surface area (Å²) >= 11 is 0. The first-order valence-electron chi connectivity index (χ1n) is 2.50. The van der Waals surface area contributed by atoms with Gasteiger partial charge in [0, 0.05) is 15.2 Å². The van der Waals surface area contributed by atoms with Gasteiger partial charge in [0.1, 0.15) is 0 Å². The monoisotopic (exact) mass is 109 g/mol. The van der Waals surface area contributed by atoms with Gasteiger partial charge in [-0.2, -0.15) is 0 Å². The van der Waals surface area contributed by atoms with Crippen molar-refractivity contribution in [3.63, 3.8) is 0 Å². The largest absolute Gasteiger partial charge is 0.334 e. The van der Waals surface area contributed by atoms with E-state index in [1.807, 2.05) is 19.1 Å². The van der Waals surface area contributed by atoms with Crippen LogP contribution in [0.25, 0.3) is 0 Å². The molecule has 0 atom stereocenters.